The molecule has 0 saturated carbocycles. The van der Waals surface area contributed by atoms with Crippen LogP contribution in [0.1, 0.15) is 31.5 Å². The van der Waals surface area contributed by atoms with E-state index in [1.807, 2.05) is 6.92 Å². The van der Waals surface area contributed by atoms with E-state index in [1.165, 1.54) is 0 Å². The van der Waals surface area contributed by atoms with Gasteiger partial charge in [-0.1, -0.05) is 6.92 Å². The number of ether oxygens (including phenoxy) is 1. The van der Waals surface area contributed by atoms with Crippen LogP contribution in [0.5, 0.6) is 5.88 Å². The highest BCUT2D eigenvalue weighted by Gasteiger charge is 2.53. The third-order valence-electron chi connectivity index (χ3n) is 5.14. The summed E-state index contributed by atoms with van der Waals surface area (Å²) < 4.78 is 5.57. The van der Waals surface area contributed by atoms with Gasteiger partial charge in [0.15, 0.2) is 0 Å². The molecule has 3 heterocycles. The van der Waals surface area contributed by atoms with Gasteiger partial charge in [0.05, 0.1) is 0 Å². The Morgan fingerprint density at radius 2 is 2.24 bits per heavy atom. The zero-order chi connectivity index (χ0) is 15.4. The lowest BCUT2D eigenvalue weighted by atomic mass is 9.60. The lowest BCUT2D eigenvalue weighted by molar-refractivity contribution is 0.0888. The second kappa shape index (κ2) is 4.50. The van der Waals surface area contributed by atoms with Crippen LogP contribution in [-0.4, -0.2) is 34.7 Å². The summed E-state index contributed by atoms with van der Waals surface area (Å²) in [5, 5.41) is 16.9. The molecule has 3 N–H and O–H groups in total. The van der Waals surface area contributed by atoms with Crippen molar-refractivity contribution in [3.05, 3.63) is 22.7 Å². The first-order valence-corrected chi connectivity index (χ1v) is 7.25. The fourth-order valence-electron chi connectivity index (χ4n) is 3.95. The lowest BCUT2D eigenvalue weighted by Crippen LogP contribution is -2.54. The van der Waals surface area contributed by atoms with Crippen molar-refractivity contribution >= 4 is 0 Å². The number of aromatic amines is 1. The third kappa shape index (κ3) is 1.70. The minimum Gasteiger partial charge on any atom is -0.420 e. The maximum absolute atomic E-state index is 9.69. The van der Waals surface area contributed by atoms with Crippen molar-refractivity contribution in [1.82, 2.24) is 15.1 Å². The summed E-state index contributed by atoms with van der Waals surface area (Å²) in [6, 6.07) is 2.67. The molecule has 1 aromatic rings. The van der Waals surface area contributed by atoms with Crippen molar-refractivity contribution in [1.29, 1.82) is 5.26 Å². The SMILES string of the molecule is Cc1[nH]nc2c1[C@@]1(C[C@H](C)N(C)C[C@H]1C)C(C#N)=C(N)O2. The molecule has 6 nitrogen and oxygen atoms in total. The number of fused-ring (bicyclic) bond motifs is 2. The minimum atomic E-state index is -0.407. The predicted octanol–water partition coefficient (Wildman–Crippen LogP) is 1.40. The van der Waals surface area contributed by atoms with E-state index < -0.39 is 5.41 Å². The second-order valence-corrected chi connectivity index (χ2v) is 6.35. The molecular weight excluding hydrogens is 266 g/mol. The molecule has 0 unspecified atom stereocenters. The summed E-state index contributed by atoms with van der Waals surface area (Å²) in [5.41, 5.74) is 8.12. The smallest absolute Gasteiger partial charge is 0.244 e. The third-order valence-corrected chi connectivity index (χ3v) is 5.14. The summed E-state index contributed by atoms with van der Waals surface area (Å²) in [6.07, 6.45) is 0.838. The number of hydrogen-bond donors (Lipinski definition) is 2. The van der Waals surface area contributed by atoms with Gasteiger partial charge < -0.3 is 15.4 Å². The molecule has 0 aromatic carbocycles. The Balaban J connectivity index is 2.26. The topological polar surface area (TPSA) is 91.0 Å². The van der Waals surface area contributed by atoms with Gasteiger partial charge in [0.1, 0.15) is 11.6 Å². The molecule has 0 radical (unpaired) electrons. The second-order valence-electron chi connectivity index (χ2n) is 6.35. The monoisotopic (exact) mass is 287 g/mol. The Morgan fingerprint density at radius 1 is 1.52 bits per heavy atom. The highest BCUT2D eigenvalue weighted by Crippen LogP contribution is 2.53. The molecule has 6 heteroatoms. The fourth-order valence-corrected chi connectivity index (χ4v) is 3.95. The van der Waals surface area contributed by atoms with Crippen molar-refractivity contribution in [3.63, 3.8) is 0 Å². The van der Waals surface area contributed by atoms with E-state index in [0.717, 1.165) is 24.2 Å². The van der Waals surface area contributed by atoms with Gasteiger partial charge in [-0.2, -0.15) is 5.26 Å². The summed E-state index contributed by atoms with van der Waals surface area (Å²) in [7, 11) is 2.12. The van der Waals surface area contributed by atoms with E-state index >= 15 is 0 Å². The number of rotatable bonds is 0. The van der Waals surface area contributed by atoms with Crippen LogP contribution < -0.4 is 10.5 Å². The lowest BCUT2D eigenvalue weighted by Gasteiger charge is -2.50. The van der Waals surface area contributed by atoms with Gasteiger partial charge in [-0.15, -0.1) is 5.10 Å². The van der Waals surface area contributed by atoms with Crippen molar-refractivity contribution in [2.75, 3.05) is 13.6 Å². The average Bonchev–Trinajstić information content (AvgIpc) is 2.78. The van der Waals surface area contributed by atoms with E-state index in [1.54, 1.807) is 0 Å². The summed E-state index contributed by atoms with van der Waals surface area (Å²) >= 11 is 0. The number of hydrogen-bond acceptors (Lipinski definition) is 5. The first kappa shape index (κ1) is 14.0. The van der Waals surface area contributed by atoms with Gasteiger partial charge in [-0.25, -0.2) is 0 Å². The molecule has 1 spiro atoms. The number of allylic oxidation sites excluding steroid dienone is 1. The van der Waals surface area contributed by atoms with E-state index in [2.05, 4.69) is 42.1 Å². The zero-order valence-electron chi connectivity index (χ0n) is 12.9. The standard InChI is InChI=1S/C15H21N5O/c1-8-7-20(4)9(2)5-15(8)11(6-16)13(17)21-14-12(15)10(3)18-19-14/h8-9H,5,7,17H2,1-4H3,(H,18,19)/t8-,9+,15-/m1/s1. The molecule has 0 aliphatic carbocycles. The number of piperidine rings is 1. The highest BCUT2D eigenvalue weighted by molar-refractivity contribution is 5.55. The van der Waals surface area contributed by atoms with Crippen LogP contribution >= 0.6 is 0 Å². The van der Waals surface area contributed by atoms with Gasteiger partial charge in [-0.3, -0.25) is 5.10 Å². The molecule has 21 heavy (non-hydrogen) atoms. The Morgan fingerprint density at radius 3 is 2.90 bits per heavy atom. The number of H-pyrrole nitrogens is 1. The number of nitrogens with two attached hydrogens (primary N) is 1. The highest BCUT2D eigenvalue weighted by atomic mass is 16.5. The molecular formula is C15H21N5O. The van der Waals surface area contributed by atoms with Crippen molar-refractivity contribution < 1.29 is 4.74 Å². The molecule has 2 aliphatic rings. The normalized spacial score (nSPS) is 32.7. The largest absolute Gasteiger partial charge is 0.420 e. The number of nitrogens with zero attached hydrogens (tertiary/aromatic N) is 3. The number of aromatic nitrogens is 2. The van der Waals surface area contributed by atoms with Gasteiger partial charge in [0.25, 0.3) is 0 Å². The minimum absolute atomic E-state index is 0.195. The number of nitriles is 1. The number of aryl methyl sites for hydroxylation is 1. The van der Waals surface area contributed by atoms with Crippen LogP contribution in [0.25, 0.3) is 0 Å². The van der Waals surface area contributed by atoms with Crippen LogP contribution in [0.4, 0.5) is 0 Å². The average molecular weight is 287 g/mol. The molecule has 3 atom stereocenters. The van der Waals surface area contributed by atoms with Crippen molar-refractivity contribution in [2.24, 2.45) is 11.7 Å². The zero-order valence-corrected chi connectivity index (χ0v) is 12.9. The molecule has 1 aromatic heterocycles. The Hall–Kier alpha value is -2.00. The van der Waals surface area contributed by atoms with E-state index in [-0.39, 0.29) is 11.8 Å². The van der Waals surface area contributed by atoms with E-state index in [0.29, 0.717) is 17.5 Å². The van der Waals surface area contributed by atoms with E-state index in [9.17, 15) is 5.26 Å². The van der Waals surface area contributed by atoms with Crippen LogP contribution in [0, 0.1) is 24.2 Å². The molecule has 1 fully saturated rings. The number of likely N-dealkylation sites (tertiary alicyclic amines) is 1. The van der Waals surface area contributed by atoms with Crippen LogP contribution in [0.3, 0.4) is 0 Å². The molecule has 0 amide bonds. The van der Waals surface area contributed by atoms with Crippen LogP contribution in [0.2, 0.25) is 0 Å². The van der Waals surface area contributed by atoms with Gasteiger partial charge in [0.2, 0.25) is 11.8 Å². The van der Waals surface area contributed by atoms with E-state index in [4.69, 9.17) is 10.5 Å². The Kier molecular flexibility index (Phi) is 2.99. The van der Waals surface area contributed by atoms with Gasteiger partial charge in [-0.05, 0) is 33.2 Å². The fraction of sp³-hybridized carbons (Fsp3) is 0.600. The molecule has 3 rings (SSSR count). The molecule has 2 aliphatic heterocycles. The van der Waals surface area contributed by atoms with Crippen LogP contribution in [0.15, 0.2) is 11.5 Å². The first-order chi connectivity index (χ1) is 9.91. The van der Waals surface area contributed by atoms with Gasteiger partial charge >= 0.3 is 0 Å². The quantitative estimate of drug-likeness (QED) is 0.752. The van der Waals surface area contributed by atoms with Crippen LogP contribution in [-0.2, 0) is 5.41 Å². The first-order valence-electron chi connectivity index (χ1n) is 7.25. The Labute approximate surface area is 124 Å². The number of nitrogens with one attached hydrogen (secondary N) is 1. The summed E-state index contributed by atoms with van der Waals surface area (Å²) in [5.74, 6) is 0.971. The van der Waals surface area contributed by atoms with Crippen molar-refractivity contribution in [2.45, 2.75) is 38.6 Å². The maximum atomic E-state index is 9.69. The molecule has 112 valence electrons. The van der Waals surface area contributed by atoms with Gasteiger partial charge in [0, 0.05) is 29.3 Å². The predicted molar refractivity (Wildman–Crippen MR) is 78.3 cm³/mol. The Bertz CT molecular complexity index is 656. The summed E-state index contributed by atoms with van der Waals surface area (Å²) in [6.45, 7) is 7.24. The molecule has 1 saturated heterocycles. The molecule has 0 bridgehead atoms. The van der Waals surface area contributed by atoms with Crippen molar-refractivity contribution in [3.8, 4) is 11.9 Å². The summed E-state index contributed by atoms with van der Waals surface area (Å²) in [4.78, 5) is 2.33. The maximum Gasteiger partial charge on any atom is 0.244 e.